The summed E-state index contributed by atoms with van der Waals surface area (Å²) in [5.74, 6) is 0. The average Bonchev–Trinajstić information content (AvgIpc) is 1.91. The zero-order valence-electron chi connectivity index (χ0n) is 8.39. The maximum atomic E-state index is 4.40. The Bertz CT molecular complexity index is 263. The Morgan fingerprint density at radius 1 is 1.33 bits per heavy atom. The fraction of sp³-hybridized carbons (Fsp3) is 0.500. The van der Waals surface area contributed by atoms with Crippen molar-refractivity contribution in [3.05, 3.63) is 29.6 Å². The minimum absolute atomic E-state index is 0.992. The maximum absolute atomic E-state index is 4.40. The molecule has 1 nitrogen and oxygen atoms in total. The highest BCUT2D eigenvalue weighted by Crippen LogP contribution is 2.12. The van der Waals surface area contributed by atoms with E-state index in [1.54, 1.807) is 0 Å². The summed E-state index contributed by atoms with van der Waals surface area (Å²) in [6, 6.07) is 5.34. The van der Waals surface area contributed by atoms with Crippen LogP contribution in [0.3, 0.4) is 0 Å². The van der Waals surface area contributed by atoms with Gasteiger partial charge >= 0.3 is 0 Å². The Labute approximate surface area is 75.9 Å². The Morgan fingerprint density at radius 3 is 2.50 bits per heavy atom. The van der Waals surface area contributed by atoms with Crippen molar-refractivity contribution >= 4 is 8.07 Å². The van der Waals surface area contributed by atoms with Gasteiger partial charge in [0.25, 0.3) is 0 Å². The molecule has 1 heterocycles. The van der Waals surface area contributed by atoms with Gasteiger partial charge in [-0.25, -0.2) is 0 Å². The molecular weight excluding hydrogens is 162 g/mol. The summed E-state index contributed by atoms with van der Waals surface area (Å²) >= 11 is 0. The molecule has 0 fully saturated rings. The molecule has 0 radical (unpaired) electrons. The van der Waals surface area contributed by atoms with Crippen molar-refractivity contribution in [1.29, 1.82) is 0 Å². The summed E-state index contributed by atoms with van der Waals surface area (Å²) in [4.78, 5) is 4.40. The van der Waals surface area contributed by atoms with Crippen LogP contribution >= 0.6 is 0 Å². The minimum atomic E-state index is -0.992. The van der Waals surface area contributed by atoms with Crippen LogP contribution in [0.15, 0.2) is 18.3 Å². The third kappa shape index (κ3) is 2.78. The van der Waals surface area contributed by atoms with Crippen molar-refractivity contribution in [1.82, 2.24) is 4.98 Å². The Balaban J connectivity index is 2.83. The highest BCUT2D eigenvalue weighted by atomic mass is 28.3. The monoisotopic (exact) mass is 179 g/mol. The first kappa shape index (κ1) is 9.45. The van der Waals surface area contributed by atoms with Crippen LogP contribution in [0.25, 0.3) is 0 Å². The average molecular weight is 179 g/mol. The standard InChI is InChI=1S/C10H17NSi/c1-9-6-5-7-11-10(9)8-12(2,3)4/h5-7H,8H2,1-4H3. The molecule has 12 heavy (non-hydrogen) atoms. The molecule has 0 aliphatic carbocycles. The fourth-order valence-corrected chi connectivity index (χ4v) is 2.58. The molecule has 0 saturated heterocycles. The van der Waals surface area contributed by atoms with Crippen LogP contribution < -0.4 is 0 Å². The van der Waals surface area contributed by atoms with Gasteiger partial charge in [0.2, 0.25) is 0 Å². The third-order valence-corrected chi connectivity index (χ3v) is 3.21. The van der Waals surface area contributed by atoms with Crippen LogP contribution in [0.1, 0.15) is 11.3 Å². The van der Waals surface area contributed by atoms with Gasteiger partial charge in [-0.1, -0.05) is 25.7 Å². The number of hydrogen-bond acceptors (Lipinski definition) is 1. The summed E-state index contributed by atoms with van der Waals surface area (Å²) < 4.78 is 0. The molecule has 0 aliphatic rings. The molecule has 1 aromatic heterocycles. The molecule has 0 spiro atoms. The van der Waals surface area contributed by atoms with Crippen LogP contribution in [0, 0.1) is 6.92 Å². The second-order valence-corrected chi connectivity index (χ2v) is 9.98. The number of pyridine rings is 1. The van der Waals surface area contributed by atoms with Crippen LogP contribution in [0.5, 0.6) is 0 Å². The second-order valence-electron chi connectivity index (χ2n) is 4.50. The Kier molecular flexibility index (Phi) is 2.68. The fourth-order valence-electron chi connectivity index (χ4n) is 1.21. The molecule has 0 saturated carbocycles. The van der Waals surface area contributed by atoms with Crippen LogP contribution in [-0.4, -0.2) is 13.1 Å². The molecule has 0 bridgehead atoms. The molecule has 66 valence electrons. The molecule has 0 amide bonds. The van der Waals surface area contributed by atoms with E-state index in [0.717, 1.165) is 0 Å². The highest BCUT2D eigenvalue weighted by molar-refractivity contribution is 6.75. The number of nitrogens with zero attached hydrogens (tertiary/aromatic N) is 1. The van der Waals surface area contributed by atoms with Gasteiger partial charge in [0.15, 0.2) is 0 Å². The van der Waals surface area contributed by atoms with E-state index < -0.39 is 8.07 Å². The lowest BCUT2D eigenvalue weighted by molar-refractivity contribution is 1.10. The maximum Gasteiger partial charge on any atom is 0.0506 e. The Hall–Kier alpha value is -0.633. The van der Waals surface area contributed by atoms with Gasteiger partial charge in [0.1, 0.15) is 0 Å². The van der Waals surface area contributed by atoms with E-state index in [1.807, 2.05) is 12.3 Å². The normalized spacial score (nSPS) is 11.7. The first-order chi connectivity index (χ1) is 5.49. The second kappa shape index (κ2) is 3.40. The van der Waals surface area contributed by atoms with E-state index in [9.17, 15) is 0 Å². The largest absolute Gasteiger partial charge is 0.261 e. The summed E-state index contributed by atoms with van der Waals surface area (Å²) in [6.07, 6.45) is 1.89. The van der Waals surface area contributed by atoms with Crippen molar-refractivity contribution in [2.45, 2.75) is 32.6 Å². The topological polar surface area (TPSA) is 12.9 Å². The van der Waals surface area contributed by atoms with Gasteiger partial charge in [-0.2, -0.15) is 0 Å². The predicted molar refractivity (Wildman–Crippen MR) is 56.0 cm³/mol. The van der Waals surface area contributed by atoms with Crippen molar-refractivity contribution in [3.63, 3.8) is 0 Å². The Morgan fingerprint density at radius 2 is 2.00 bits per heavy atom. The SMILES string of the molecule is Cc1cccnc1C[Si](C)(C)C. The molecule has 0 aliphatic heterocycles. The highest BCUT2D eigenvalue weighted by Gasteiger charge is 2.15. The number of aromatic nitrogens is 1. The zero-order valence-corrected chi connectivity index (χ0v) is 9.39. The lowest BCUT2D eigenvalue weighted by Crippen LogP contribution is -2.25. The lowest BCUT2D eigenvalue weighted by Gasteiger charge is -2.15. The van der Waals surface area contributed by atoms with Gasteiger partial charge < -0.3 is 0 Å². The van der Waals surface area contributed by atoms with E-state index in [4.69, 9.17) is 0 Å². The smallest absolute Gasteiger partial charge is 0.0506 e. The van der Waals surface area contributed by atoms with Crippen LogP contribution in [-0.2, 0) is 6.04 Å². The molecule has 0 unspecified atom stereocenters. The van der Waals surface area contributed by atoms with Gasteiger partial charge in [0.05, 0.1) is 8.07 Å². The van der Waals surface area contributed by atoms with Crippen molar-refractivity contribution in [2.75, 3.05) is 0 Å². The molecule has 1 rings (SSSR count). The minimum Gasteiger partial charge on any atom is -0.261 e. The van der Waals surface area contributed by atoms with Crippen molar-refractivity contribution in [3.8, 4) is 0 Å². The molecule has 1 aromatic rings. The van der Waals surface area contributed by atoms with Gasteiger partial charge in [-0.3, -0.25) is 4.98 Å². The van der Waals surface area contributed by atoms with E-state index >= 15 is 0 Å². The molecule has 0 N–H and O–H groups in total. The lowest BCUT2D eigenvalue weighted by atomic mass is 10.2. The van der Waals surface area contributed by atoms with Gasteiger partial charge in [-0.05, 0) is 24.6 Å². The number of aryl methyl sites for hydroxylation is 1. The van der Waals surface area contributed by atoms with E-state index in [1.165, 1.54) is 17.3 Å². The van der Waals surface area contributed by atoms with Crippen LogP contribution in [0.2, 0.25) is 19.6 Å². The van der Waals surface area contributed by atoms with Gasteiger partial charge in [-0.15, -0.1) is 0 Å². The summed E-state index contributed by atoms with van der Waals surface area (Å²) in [5.41, 5.74) is 2.62. The quantitative estimate of drug-likeness (QED) is 0.636. The zero-order chi connectivity index (χ0) is 9.19. The summed E-state index contributed by atoms with van der Waals surface area (Å²) in [5, 5.41) is 0. The molecule has 0 aromatic carbocycles. The number of hydrogen-bond donors (Lipinski definition) is 0. The summed E-state index contributed by atoms with van der Waals surface area (Å²) in [6.45, 7) is 9.27. The van der Waals surface area contributed by atoms with E-state index in [-0.39, 0.29) is 0 Å². The number of rotatable bonds is 2. The molecular formula is C10H17NSi. The molecule has 0 atom stereocenters. The van der Waals surface area contributed by atoms with Crippen molar-refractivity contribution < 1.29 is 0 Å². The van der Waals surface area contributed by atoms with E-state index in [0.29, 0.717) is 0 Å². The van der Waals surface area contributed by atoms with Crippen LogP contribution in [0.4, 0.5) is 0 Å². The molecule has 2 heteroatoms. The van der Waals surface area contributed by atoms with E-state index in [2.05, 4.69) is 37.6 Å². The van der Waals surface area contributed by atoms with Crippen molar-refractivity contribution in [2.24, 2.45) is 0 Å². The first-order valence-electron chi connectivity index (χ1n) is 4.39. The first-order valence-corrected chi connectivity index (χ1v) is 8.10. The van der Waals surface area contributed by atoms with Gasteiger partial charge in [0, 0.05) is 11.9 Å². The summed E-state index contributed by atoms with van der Waals surface area (Å²) in [7, 11) is -0.992. The third-order valence-electron chi connectivity index (χ3n) is 1.82. The predicted octanol–water partition coefficient (Wildman–Crippen LogP) is 2.81.